The van der Waals surface area contributed by atoms with Crippen LogP contribution in [0.4, 0.5) is 0 Å². The third-order valence-electron chi connectivity index (χ3n) is 2.69. The Balaban J connectivity index is 2.10. The van der Waals surface area contributed by atoms with Gasteiger partial charge in [0, 0.05) is 0 Å². The highest BCUT2D eigenvalue weighted by Gasteiger charge is 2.15. The minimum Gasteiger partial charge on any atom is -0.479 e. The van der Waals surface area contributed by atoms with Crippen LogP contribution in [-0.4, -0.2) is 16.2 Å². The number of hydrogen-bond donors (Lipinski definition) is 2. The molecule has 2 rings (SSSR count). The molecule has 1 atom stereocenters. The van der Waals surface area contributed by atoms with Crippen molar-refractivity contribution in [3.05, 3.63) is 59.7 Å². The molecule has 19 heavy (non-hydrogen) atoms. The molecule has 4 nitrogen and oxygen atoms in total. The minimum absolute atomic E-state index is 0.323. The third kappa shape index (κ3) is 3.33. The van der Waals surface area contributed by atoms with Gasteiger partial charge in [-0.15, -0.1) is 0 Å². The zero-order valence-electron chi connectivity index (χ0n) is 10.4. The monoisotopic (exact) mass is 258 g/mol. The lowest BCUT2D eigenvalue weighted by molar-refractivity contribution is -0.146. The van der Waals surface area contributed by atoms with Crippen LogP contribution in [0.3, 0.4) is 0 Å². The average molecular weight is 258 g/mol. The van der Waals surface area contributed by atoms with Crippen molar-refractivity contribution in [2.45, 2.75) is 13.0 Å². The molecule has 0 aliphatic heterocycles. The summed E-state index contributed by atoms with van der Waals surface area (Å²) in [7, 11) is 0. The second-order valence-electron chi connectivity index (χ2n) is 4.22. The zero-order chi connectivity index (χ0) is 13.8. The minimum atomic E-state index is -1.51. The number of rotatable bonds is 4. The first-order chi connectivity index (χ1) is 9.06. The van der Waals surface area contributed by atoms with Gasteiger partial charge in [-0.2, -0.15) is 0 Å². The smallest absolute Gasteiger partial charge is 0.337 e. The maximum Gasteiger partial charge on any atom is 0.337 e. The first kappa shape index (κ1) is 13.1. The van der Waals surface area contributed by atoms with Gasteiger partial charge in [0.1, 0.15) is 11.5 Å². The number of benzene rings is 2. The Hall–Kier alpha value is -2.33. The largest absolute Gasteiger partial charge is 0.479 e. The molecule has 98 valence electrons. The number of aryl methyl sites for hydroxylation is 1. The second kappa shape index (κ2) is 5.54. The maximum atomic E-state index is 10.6. The summed E-state index contributed by atoms with van der Waals surface area (Å²) in [4.78, 5) is 10.6. The molecule has 0 spiro atoms. The van der Waals surface area contributed by atoms with E-state index in [1.165, 1.54) is 12.1 Å². The molecule has 0 saturated heterocycles. The molecule has 2 aromatic carbocycles. The molecular formula is C15H14O4. The van der Waals surface area contributed by atoms with Crippen LogP contribution in [0.25, 0.3) is 0 Å². The van der Waals surface area contributed by atoms with Gasteiger partial charge in [0.05, 0.1) is 0 Å². The van der Waals surface area contributed by atoms with Gasteiger partial charge in [0.25, 0.3) is 0 Å². The van der Waals surface area contributed by atoms with Crippen molar-refractivity contribution in [1.82, 2.24) is 0 Å². The number of carboxylic acids is 1. The third-order valence-corrected chi connectivity index (χ3v) is 2.69. The number of aliphatic hydroxyl groups excluding tert-OH is 1. The number of aliphatic carboxylic acids is 1. The molecule has 0 aliphatic carbocycles. The predicted octanol–water partition coefficient (Wildman–Crippen LogP) is 2.91. The maximum absolute atomic E-state index is 10.6. The van der Waals surface area contributed by atoms with Gasteiger partial charge in [0.15, 0.2) is 6.10 Å². The van der Waals surface area contributed by atoms with Gasteiger partial charge >= 0.3 is 5.97 Å². The Bertz CT molecular complexity index is 558. The Kier molecular flexibility index (Phi) is 3.82. The SMILES string of the molecule is Cc1ccc(Oc2ccc(C(O)C(=O)O)cc2)cc1. The lowest BCUT2D eigenvalue weighted by Gasteiger charge is -2.08. The van der Waals surface area contributed by atoms with Gasteiger partial charge in [0.2, 0.25) is 0 Å². The van der Waals surface area contributed by atoms with Crippen molar-refractivity contribution < 1.29 is 19.7 Å². The van der Waals surface area contributed by atoms with Crippen molar-refractivity contribution in [3.63, 3.8) is 0 Å². The topological polar surface area (TPSA) is 66.8 Å². The van der Waals surface area contributed by atoms with Gasteiger partial charge in [-0.05, 0) is 36.8 Å². The quantitative estimate of drug-likeness (QED) is 0.884. The summed E-state index contributed by atoms with van der Waals surface area (Å²) in [6, 6.07) is 13.9. The first-order valence-electron chi connectivity index (χ1n) is 5.81. The zero-order valence-corrected chi connectivity index (χ0v) is 10.4. The first-order valence-corrected chi connectivity index (χ1v) is 5.81. The van der Waals surface area contributed by atoms with Crippen LogP contribution in [0.1, 0.15) is 17.2 Å². The fourth-order valence-electron chi connectivity index (χ4n) is 1.60. The van der Waals surface area contributed by atoms with Crippen LogP contribution < -0.4 is 4.74 Å². The van der Waals surface area contributed by atoms with Crippen molar-refractivity contribution in [2.75, 3.05) is 0 Å². The molecule has 0 amide bonds. The molecule has 1 unspecified atom stereocenters. The Morgan fingerprint density at radius 1 is 1.00 bits per heavy atom. The molecule has 0 radical (unpaired) electrons. The fourth-order valence-corrected chi connectivity index (χ4v) is 1.60. The van der Waals surface area contributed by atoms with Crippen molar-refractivity contribution in [2.24, 2.45) is 0 Å². The van der Waals surface area contributed by atoms with Crippen LogP contribution in [0, 0.1) is 6.92 Å². The van der Waals surface area contributed by atoms with E-state index in [4.69, 9.17) is 9.84 Å². The van der Waals surface area contributed by atoms with E-state index in [9.17, 15) is 9.90 Å². The Morgan fingerprint density at radius 2 is 1.47 bits per heavy atom. The lowest BCUT2D eigenvalue weighted by atomic mass is 10.1. The number of carboxylic acid groups (broad SMARTS) is 1. The molecule has 0 aromatic heterocycles. The molecule has 0 heterocycles. The highest BCUT2D eigenvalue weighted by molar-refractivity contribution is 5.74. The van der Waals surface area contributed by atoms with Crippen LogP contribution in [-0.2, 0) is 4.79 Å². The normalized spacial score (nSPS) is 11.9. The van der Waals surface area contributed by atoms with E-state index in [1.54, 1.807) is 12.1 Å². The van der Waals surface area contributed by atoms with Gasteiger partial charge in [-0.1, -0.05) is 29.8 Å². The van der Waals surface area contributed by atoms with E-state index >= 15 is 0 Å². The number of ether oxygens (including phenoxy) is 1. The van der Waals surface area contributed by atoms with Crippen LogP contribution in [0.5, 0.6) is 11.5 Å². The molecule has 0 bridgehead atoms. The summed E-state index contributed by atoms with van der Waals surface area (Å²) in [6.45, 7) is 1.99. The van der Waals surface area contributed by atoms with Gasteiger partial charge in [-0.25, -0.2) is 4.79 Å². The summed E-state index contributed by atoms with van der Waals surface area (Å²) in [5.41, 5.74) is 1.47. The van der Waals surface area contributed by atoms with Crippen LogP contribution in [0.15, 0.2) is 48.5 Å². The molecule has 0 aliphatic rings. The molecule has 0 fully saturated rings. The summed E-state index contributed by atoms with van der Waals surface area (Å²) in [6.07, 6.45) is -1.51. The standard InChI is InChI=1S/C15H14O4/c1-10-2-6-12(7-3-10)19-13-8-4-11(5-9-13)14(16)15(17)18/h2-9,14,16H,1H3,(H,17,18). The molecular weight excluding hydrogens is 244 g/mol. The highest BCUT2D eigenvalue weighted by atomic mass is 16.5. The Morgan fingerprint density at radius 3 is 1.95 bits per heavy atom. The average Bonchev–Trinajstić information content (AvgIpc) is 2.41. The van der Waals surface area contributed by atoms with Crippen molar-refractivity contribution in [1.29, 1.82) is 0 Å². The number of aliphatic hydroxyl groups is 1. The summed E-state index contributed by atoms with van der Waals surface area (Å²) >= 11 is 0. The summed E-state index contributed by atoms with van der Waals surface area (Å²) < 4.78 is 5.60. The van der Waals surface area contributed by atoms with E-state index in [0.717, 1.165) is 5.56 Å². The van der Waals surface area contributed by atoms with E-state index in [1.807, 2.05) is 31.2 Å². The Labute approximate surface area is 110 Å². The van der Waals surface area contributed by atoms with E-state index in [0.29, 0.717) is 17.1 Å². The van der Waals surface area contributed by atoms with Crippen LogP contribution in [0.2, 0.25) is 0 Å². The van der Waals surface area contributed by atoms with Gasteiger partial charge < -0.3 is 14.9 Å². The van der Waals surface area contributed by atoms with Crippen molar-refractivity contribution >= 4 is 5.97 Å². The lowest BCUT2D eigenvalue weighted by Crippen LogP contribution is -2.09. The van der Waals surface area contributed by atoms with Crippen molar-refractivity contribution in [3.8, 4) is 11.5 Å². The predicted molar refractivity (Wildman–Crippen MR) is 70.3 cm³/mol. The molecule has 0 saturated carbocycles. The van der Waals surface area contributed by atoms with E-state index < -0.39 is 12.1 Å². The molecule has 4 heteroatoms. The van der Waals surface area contributed by atoms with E-state index in [2.05, 4.69) is 0 Å². The second-order valence-corrected chi connectivity index (χ2v) is 4.22. The van der Waals surface area contributed by atoms with E-state index in [-0.39, 0.29) is 0 Å². The summed E-state index contributed by atoms with van der Waals surface area (Å²) in [5, 5.41) is 18.1. The number of carbonyl (C=O) groups is 1. The van der Waals surface area contributed by atoms with Crippen LogP contribution >= 0.6 is 0 Å². The fraction of sp³-hybridized carbons (Fsp3) is 0.133. The highest BCUT2D eigenvalue weighted by Crippen LogP contribution is 2.23. The summed E-state index contributed by atoms with van der Waals surface area (Å²) in [5.74, 6) is 0.0227. The molecule has 2 N–H and O–H groups in total. The molecule has 2 aromatic rings. The van der Waals surface area contributed by atoms with Gasteiger partial charge in [-0.3, -0.25) is 0 Å². The number of hydrogen-bond acceptors (Lipinski definition) is 3.